The Hall–Kier alpha value is -2.50. The van der Waals surface area contributed by atoms with E-state index < -0.39 is 5.97 Å². The fourth-order valence-electron chi connectivity index (χ4n) is 1.23. The Morgan fingerprint density at radius 2 is 2.25 bits per heavy atom. The number of hydrogen-bond donors (Lipinski definition) is 1. The van der Waals surface area contributed by atoms with Crippen LogP contribution in [0, 0.1) is 0 Å². The second-order valence-corrected chi connectivity index (χ2v) is 3.07. The lowest BCUT2D eigenvalue weighted by Crippen LogP contribution is -1.96. The molecule has 0 spiro atoms. The average molecular weight is 217 g/mol. The molecule has 16 heavy (non-hydrogen) atoms. The van der Waals surface area contributed by atoms with Crippen molar-refractivity contribution in [2.75, 3.05) is 0 Å². The van der Waals surface area contributed by atoms with Crippen LogP contribution in [-0.2, 0) is 0 Å². The summed E-state index contributed by atoms with van der Waals surface area (Å²) >= 11 is 0. The van der Waals surface area contributed by atoms with Crippen LogP contribution in [0.25, 0.3) is 5.69 Å². The van der Waals surface area contributed by atoms with Gasteiger partial charge in [0.2, 0.25) is 0 Å². The molecular formula is C10H7N3O3. The zero-order valence-corrected chi connectivity index (χ0v) is 8.07. The highest BCUT2D eigenvalue weighted by molar-refractivity contribution is 5.85. The van der Waals surface area contributed by atoms with Crippen LogP contribution >= 0.6 is 0 Å². The Morgan fingerprint density at radius 1 is 1.44 bits per heavy atom. The molecule has 0 amide bonds. The zero-order chi connectivity index (χ0) is 11.5. The number of rotatable bonds is 3. The molecule has 6 nitrogen and oxygen atoms in total. The fraction of sp³-hybridized carbons (Fsp3) is 0. The van der Waals surface area contributed by atoms with Gasteiger partial charge in [0.05, 0.1) is 11.9 Å². The van der Waals surface area contributed by atoms with Crippen molar-refractivity contribution in [1.29, 1.82) is 0 Å². The zero-order valence-electron chi connectivity index (χ0n) is 8.07. The number of nitrogens with zero attached hydrogens (tertiary/aromatic N) is 3. The fourth-order valence-corrected chi connectivity index (χ4v) is 1.23. The van der Waals surface area contributed by atoms with Gasteiger partial charge in [-0.25, -0.2) is 9.78 Å². The molecule has 6 heteroatoms. The van der Waals surface area contributed by atoms with Gasteiger partial charge in [-0.15, -0.1) is 0 Å². The van der Waals surface area contributed by atoms with E-state index in [4.69, 9.17) is 5.11 Å². The minimum absolute atomic E-state index is 0.0588. The van der Waals surface area contributed by atoms with Crippen molar-refractivity contribution in [3.05, 3.63) is 42.2 Å². The third kappa shape index (κ3) is 1.81. The molecule has 2 aromatic rings. The third-order valence-electron chi connectivity index (χ3n) is 1.98. The van der Waals surface area contributed by atoms with E-state index in [1.165, 1.54) is 29.5 Å². The van der Waals surface area contributed by atoms with E-state index >= 15 is 0 Å². The second-order valence-electron chi connectivity index (χ2n) is 3.07. The van der Waals surface area contributed by atoms with Crippen LogP contribution in [0.2, 0.25) is 0 Å². The molecule has 2 rings (SSSR count). The van der Waals surface area contributed by atoms with E-state index in [-0.39, 0.29) is 5.69 Å². The molecule has 0 aliphatic carbocycles. The molecular weight excluding hydrogens is 210 g/mol. The van der Waals surface area contributed by atoms with Crippen LogP contribution in [0.5, 0.6) is 0 Å². The number of pyridine rings is 1. The number of aromatic carboxylic acids is 1. The van der Waals surface area contributed by atoms with Gasteiger partial charge in [0, 0.05) is 18.0 Å². The monoisotopic (exact) mass is 217 g/mol. The topological polar surface area (TPSA) is 85.1 Å². The lowest BCUT2D eigenvalue weighted by atomic mass is 10.3. The van der Waals surface area contributed by atoms with E-state index in [0.717, 1.165) is 0 Å². The van der Waals surface area contributed by atoms with Crippen molar-refractivity contribution < 1.29 is 14.7 Å². The van der Waals surface area contributed by atoms with Gasteiger partial charge in [-0.3, -0.25) is 9.78 Å². The first-order chi connectivity index (χ1) is 7.70. The molecule has 0 aromatic carbocycles. The van der Waals surface area contributed by atoms with Gasteiger partial charge < -0.3 is 9.67 Å². The smallest absolute Gasteiger partial charge is 0.356 e. The van der Waals surface area contributed by atoms with Crippen molar-refractivity contribution in [1.82, 2.24) is 14.5 Å². The molecule has 2 aromatic heterocycles. The molecule has 0 saturated heterocycles. The Balaban J connectivity index is 2.42. The molecule has 0 bridgehead atoms. The molecule has 0 aliphatic rings. The Bertz CT molecular complexity index is 548. The van der Waals surface area contributed by atoms with E-state index in [2.05, 4.69) is 9.97 Å². The minimum Gasteiger partial charge on any atom is -0.476 e. The highest BCUT2D eigenvalue weighted by atomic mass is 16.4. The van der Waals surface area contributed by atoms with Crippen LogP contribution in [0.1, 0.15) is 20.8 Å². The molecule has 0 aliphatic heterocycles. The number of imidazole rings is 1. The van der Waals surface area contributed by atoms with E-state index in [1.54, 1.807) is 6.07 Å². The van der Waals surface area contributed by atoms with Crippen molar-refractivity contribution in [2.24, 2.45) is 0 Å². The van der Waals surface area contributed by atoms with Gasteiger partial charge in [-0.2, -0.15) is 0 Å². The Labute approximate surface area is 90.2 Å². The summed E-state index contributed by atoms with van der Waals surface area (Å²) in [5.74, 6) is -1.10. The maximum atomic E-state index is 10.6. The quantitative estimate of drug-likeness (QED) is 0.768. The maximum absolute atomic E-state index is 10.6. The first-order valence-corrected chi connectivity index (χ1v) is 4.38. The van der Waals surface area contributed by atoms with E-state index in [9.17, 15) is 9.59 Å². The van der Waals surface area contributed by atoms with E-state index in [1.807, 2.05) is 0 Å². The summed E-state index contributed by atoms with van der Waals surface area (Å²) in [6.07, 6.45) is 6.32. The highest BCUT2D eigenvalue weighted by Crippen LogP contribution is 2.08. The lowest BCUT2D eigenvalue weighted by molar-refractivity contribution is 0.0691. The normalized spacial score (nSPS) is 10.0. The van der Waals surface area contributed by atoms with Crippen molar-refractivity contribution in [3.63, 3.8) is 0 Å². The largest absolute Gasteiger partial charge is 0.476 e. The number of carboxylic acids is 1. The Morgan fingerprint density at radius 3 is 2.88 bits per heavy atom. The van der Waals surface area contributed by atoms with Crippen LogP contribution in [0.15, 0.2) is 31.0 Å². The van der Waals surface area contributed by atoms with Gasteiger partial charge in [0.25, 0.3) is 0 Å². The second kappa shape index (κ2) is 3.93. The van der Waals surface area contributed by atoms with Gasteiger partial charge in [0.1, 0.15) is 6.33 Å². The van der Waals surface area contributed by atoms with Crippen molar-refractivity contribution in [3.8, 4) is 5.69 Å². The molecule has 1 N–H and O–H groups in total. The SMILES string of the molecule is O=Cc1cncc(-n2cnc(C(=O)O)c2)c1. The summed E-state index contributed by atoms with van der Waals surface area (Å²) in [5, 5.41) is 8.70. The third-order valence-corrected chi connectivity index (χ3v) is 1.98. The minimum atomic E-state index is -1.10. The van der Waals surface area contributed by atoms with Crippen LogP contribution < -0.4 is 0 Å². The Kier molecular flexibility index (Phi) is 2.47. The van der Waals surface area contributed by atoms with Crippen molar-refractivity contribution >= 4 is 12.3 Å². The predicted molar refractivity (Wildman–Crippen MR) is 53.7 cm³/mol. The lowest BCUT2D eigenvalue weighted by Gasteiger charge is -2.00. The summed E-state index contributed by atoms with van der Waals surface area (Å²) in [5.41, 5.74) is 0.948. The standard InChI is InChI=1S/C10H7N3O3/c14-5-7-1-8(3-11-2-7)13-4-9(10(15)16)12-6-13/h1-6H,(H,15,16). The van der Waals surface area contributed by atoms with Crippen LogP contribution in [0.3, 0.4) is 0 Å². The molecule has 0 atom stereocenters. The highest BCUT2D eigenvalue weighted by Gasteiger charge is 2.07. The van der Waals surface area contributed by atoms with Gasteiger partial charge >= 0.3 is 5.97 Å². The number of carbonyl (C=O) groups is 2. The summed E-state index contributed by atoms with van der Waals surface area (Å²) in [6, 6.07) is 1.59. The van der Waals surface area contributed by atoms with Crippen LogP contribution in [-0.4, -0.2) is 31.9 Å². The number of aldehydes is 1. The van der Waals surface area contributed by atoms with E-state index in [0.29, 0.717) is 17.5 Å². The summed E-state index contributed by atoms with van der Waals surface area (Å²) < 4.78 is 1.49. The average Bonchev–Trinajstić information content (AvgIpc) is 2.78. The molecule has 0 saturated carbocycles. The number of hydrogen-bond acceptors (Lipinski definition) is 4. The molecule has 0 unspecified atom stereocenters. The number of carboxylic acid groups (broad SMARTS) is 1. The number of carbonyl (C=O) groups excluding carboxylic acids is 1. The molecule has 0 fully saturated rings. The van der Waals surface area contributed by atoms with Gasteiger partial charge in [-0.05, 0) is 6.07 Å². The van der Waals surface area contributed by atoms with Gasteiger partial charge in [-0.1, -0.05) is 0 Å². The first kappa shape index (κ1) is 10.0. The molecule has 0 radical (unpaired) electrons. The first-order valence-electron chi connectivity index (χ1n) is 4.38. The maximum Gasteiger partial charge on any atom is 0.356 e. The summed E-state index contributed by atoms with van der Waals surface area (Å²) in [6.45, 7) is 0. The predicted octanol–water partition coefficient (Wildman–Crippen LogP) is 0.778. The molecule has 80 valence electrons. The number of aromatic nitrogens is 3. The summed E-state index contributed by atoms with van der Waals surface area (Å²) in [4.78, 5) is 28.7. The molecule has 2 heterocycles. The van der Waals surface area contributed by atoms with Crippen LogP contribution in [0.4, 0.5) is 0 Å². The van der Waals surface area contributed by atoms with Gasteiger partial charge in [0.15, 0.2) is 12.0 Å². The van der Waals surface area contributed by atoms with Crippen molar-refractivity contribution in [2.45, 2.75) is 0 Å². The summed E-state index contributed by atoms with van der Waals surface area (Å²) in [7, 11) is 0.